The van der Waals surface area contributed by atoms with Crippen molar-refractivity contribution in [2.24, 2.45) is 5.73 Å². The maximum absolute atomic E-state index is 10.5. The number of aromatic carboxylic acids is 1. The molecule has 0 spiro atoms. The van der Waals surface area contributed by atoms with Crippen LogP contribution < -0.4 is 22.7 Å². The standard InChI is InChI=1S/C5H8N4.C5H4N2O4.ClH/c1-3(6)4-5(7)9-2-8-4;8-3-1-2(4(9)10)6-5(11)7-3;/h2H,1,6-7H2,(H,8,9);1H,(H,9,10)(H2,6,7,8,11);1H. The zero-order chi connectivity index (χ0) is 15.3. The smallest absolute Gasteiger partial charge is 0.352 e. The van der Waals surface area contributed by atoms with Gasteiger partial charge in [-0.3, -0.25) is 9.78 Å². The molecule has 2 heterocycles. The molecule has 0 bridgehead atoms. The number of H-pyrrole nitrogens is 3. The summed E-state index contributed by atoms with van der Waals surface area (Å²) in [5.41, 5.74) is 9.63. The molecule has 0 unspecified atom stereocenters. The fourth-order valence-corrected chi connectivity index (χ4v) is 1.14. The largest absolute Gasteiger partial charge is 0.477 e. The first-order valence-corrected chi connectivity index (χ1v) is 5.11. The van der Waals surface area contributed by atoms with Crippen LogP contribution in [0.15, 0.2) is 28.6 Å². The normalized spacial score (nSPS) is 8.95. The molecule has 0 fully saturated rings. The summed E-state index contributed by atoms with van der Waals surface area (Å²) in [6, 6.07) is 0.795. The number of halogens is 1. The Morgan fingerprint density at radius 2 is 1.95 bits per heavy atom. The summed E-state index contributed by atoms with van der Waals surface area (Å²) in [6.45, 7) is 3.47. The summed E-state index contributed by atoms with van der Waals surface area (Å²) in [7, 11) is 0. The number of rotatable bonds is 2. The van der Waals surface area contributed by atoms with Crippen molar-refractivity contribution in [3.05, 3.63) is 51.2 Å². The van der Waals surface area contributed by atoms with Crippen molar-refractivity contribution in [2.75, 3.05) is 5.73 Å². The molecule has 2 aromatic rings. The van der Waals surface area contributed by atoms with Gasteiger partial charge in [0.1, 0.15) is 17.2 Å². The minimum Gasteiger partial charge on any atom is -0.477 e. The lowest BCUT2D eigenvalue weighted by Gasteiger charge is -1.92. The van der Waals surface area contributed by atoms with Crippen LogP contribution in [0, 0.1) is 0 Å². The van der Waals surface area contributed by atoms with E-state index in [-0.39, 0.29) is 12.4 Å². The van der Waals surface area contributed by atoms with E-state index in [4.69, 9.17) is 16.6 Å². The second-order valence-corrected chi connectivity index (χ2v) is 3.50. The van der Waals surface area contributed by atoms with E-state index < -0.39 is 22.9 Å². The van der Waals surface area contributed by atoms with E-state index in [9.17, 15) is 14.4 Å². The van der Waals surface area contributed by atoms with Gasteiger partial charge >= 0.3 is 11.7 Å². The number of hydrogen-bond acceptors (Lipinski definition) is 6. The molecule has 2 aromatic heterocycles. The zero-order valence-electron chi connectivity index (χ0n) is 10.5. The lowest BCUT2D eigenvalue weighted by atomic mass is 10.4. The number of nitrogens with zero attached hydrogens (tertiary/aromatic N) is 1. The van der Waals surface area contributed by atoms with Gasteiger partial charge < -0.3 is 26.5 Å². The minimum atomic E-state index is -1.34. The van der Waals surface area contributed by atoms with Crippen molar-refractivity contribution in [1.82, 2.24) is 19.9 Å². The fourth-order valence-electron chi connectivity index (χ4n) is 1.14. The van der Waals surface area contributed by atoms with Crippen molar-refractivity contribution >= 4 is 29.9 Å². The van der Waals surface area contributed by atoms with E-state index in [0.717, 1.165) is 6.07 Å². The molecule has 114 valence electrons. The highest BCUT2D eigenvalue weighted by atomic mass is 35.5. The molecular formula is C10H13ClN6O4. The number of nitrogens with two attached hydrogens (primary N) is 2. The lowest BCUT2D eigenvalue weighted by molar-refractivity contribution is 0.0689. The molecule has 0 aliphatic carbocycles. The maximum Gasteiger partial charge on any atom is 0.352 e. The second kappa shape index (κ2) is 7.55. The molecule has 21 heavy (non-hydrogen) atoms. The summed E-state index contributed by atoms with van der Waals surface area (Å²) in [6.07, 6.45) is 1.47. The molecule has 0 saturated carbocycles. The van der Waals surface area contributed by atoms with Gasteiger partial charge in [0.25, 0.3) is 5.56 Å². The number of aromatic amines is 3. The van der Waals surface area contributed by atoms with Gasteiger partial charge in [-0.1, -0.05) is 6.58 Å². The van der Waals surface area contributed by atoms with Gasteiger partial charge in [-0.2, -0.15) is 0 Å². The highest BCUT2D eigenvalue weighted by Crippen LogP contribution is 2.08. The van der Waals surface area contributed by atoms with Gasteiger partial charge in [0.05, 0.1) is 12.0 Å². The first-order valence-electron chi connectivity index (χ1n) is 5.11. The summed E-state index contributed by atoms with van der Waals surface area (Å²) >= 11 is 0. The predicted molar refractivity (Wildman–Crippen MR) is 78.1 cm³/mol. The number of imidazole rings is 1. The molecule has 0 radical (unpaired) electrons. The SMILES string of the molecule is C=C(N)c1nc[nH]c1N.Cl.O=C(O)c1cc(=O)[nH]c(=O)[nH]1. The number of carbonyl (C=O) groups is 1. The van der Waals surface area contributed by atoms with Crippen LogP contribution in [0.25, 0.3) is 5.70 Å². The van der Waals surface area contributed by atoms with Crippen LogP contribution in [0.1, 0.15) is 16.2 Å². The lowest BCUT2D eigenvalue weighted by Crippen LogP contribution is -2.24. The number of hydrogen-bond donors (Lipinski definition) is 6. The maximum atomic E-state index is 10.5. The molecule has 0 saturated heterocycles. The number of nitrogens with one attached hydrogen (secondary N) is 3. The highest BCUT2D eigenvalue weighted by Gasteiger charge is 2.03. The van der Waals surface area contributed by atoms with E-state index in [1.165, 1.54) is 6.33 Å². The molecular weight excluding hydrogens is 304 g/mol. The monoisotopic (exact) mass is 316 g/mol. The van der Waals surface area contributed by atoms with Gasteiger partial charge in [0, 0.05) is 6.07 Å². The Hall–Kier alpha value is -3.01. The van der Waals surface area contributed by atoms with Gasteiger partial charge in [0.15, 0.2) is 0 Å². The summed E-state index contributed by atoms with van der Waals surface area (Å²) in [4.78, 5) is 41.4. The van der Waals surface area contributed by atoms with E-state index in [1.807, 2.05) is 9.97 Å². The Bertz CT molecular complexity index is 718. The Morgan fingerprint density at radius 3 is 2.29 bits per heavy atom. The molecule has 0 aliphatic heterocycles. The Balaban J connectivity index is 0.000000370. The predicted octanol–water partition coefficient (Wildman–Crippen LogP) is -0.895. The molecule has 8 N–H and O–H groups in total. The van der Waals surface area contributed by atoms with E-state index in [1.54, 1.807) is 0 Å². The van der Waals surface area contributed by atoms with Crippen LogP contribution in [0.2, 0.25) is 0 Å². The Labute approximate surface area is 123 Å². The van der Waals surface area contributed by atoms with Crippen LogP contribution in [0.5, 0.6) is 0 Å². The zero-order valence-corrected chi connectivity index (χ0v) is 11.4. The average Bonchev–Trinajstić information content (AvgIpc) is 2.75. The van der Waals surface area contributed by atoms with Gasteiger partial charge in [0.2, 0.25) is 0 Å². The first kappa shape index (κ1) is 18.0. The van der Waals surface area contributed by atoms with Crippen LogP contribution in [0.4, 0.5) is 5.82 Å². The van der Waals surface area contributed by atoms with Crippen molar-refractivity contribution in [3.63, 3.8) is 0 Å². The fraction of sp³-hybridized carbons (Fsp3) is 0. The van der Waals surface area contributed by atoms with Crippen LogP contribution in [-0.4, -0.2) is 31.0 Å². The third kappa shape index (κ3) is 5.24. The highest BCUT2D eigenvalue weighted by molar-refractivity contribution is 5.85. The number of carboxylic acids is 1. The summed E-state index contributed by atoms with van der Waals surface area (Å²) in [5, 5.41) is 8.31. The molecule has 10 nitrogen and oxygen atoms in total. The Morgan fingerprint density at radius 1 is 1.33 bits per heavy atom. The molecule has 0 aliphatic rings. The van der Waals surface area contributed by atoms with E-state index in [2.05, 4.69) is 16.5 Å². The van der Waals surface area contributed by atoms with Crippen LogP contribution in [0.3, 0.4) is 0 Å². The summed E-state index contributed by atoms with van der Waals surface area (Å²) in [5.74, 6) is -0.879. The van der Waals surface area contributed by atoms with Crippen molar-refractivity contribution in [2.45, 2.75) is 0 Å². The number of nitrogen functional groups attached to an aromatic ring is 1. The van der Waals surface area contributed by atoms with Crippen molar-refractivity contribution < 1.29 is 9.90 Å². The molecule has 0 aromatic carbocycles. The van der Waals surface area contributed by atoms with Crippen molar-refractivity contribution in [1.29, 1.82) is 0 Å². The molecule has 2 rings (SSSR count). The topological polar surface area (TPSA) is 184 Å². The Kier molecular flexibility index (Phi) is 6.47. The molecule has 0 atom stereocenters. The van der Waals surface area contributed by atoms with Gasteiger partial charge in [-0.05, 0) is 0 Å². The molecule has 0 amide bonds. The molecule has 11 heteroatoms. The van der Waals surface area contributed by atoms with E-state index in [0.29, 0.717) is 17.2 Å². The van der Waals surface area contributed by atoms with Gasteiger partial charge in [-0.25, -0.2) is 14.6 Å². The van der Waals surface area contributed by atoms with Crippen molar-refractivity contribution in [3.8, 4) is 0 Å². The minimum absolute atomic E-state index is 0. The third-order valence-electron chi connectivity index (χ3n) is 1.96. The quantitative estimate of drug-likeness (QED) is 0.414. The van der Waals surface area contributed by atoms with Crippen LogP contribution >= 0.6 is 12.4 Å². The van der Waals surface area contributed by atoms with Crippen LogP contribution in [-0.2, 0) is 0 Å². The number of anilines is 1. The van der Waals surface area contributed by atoms with E-state index >= 15 is 0 Å². The van der Waals surface area contributed by atoms with Gasteiger partial charge in [-0.15, -0.1) is 12.4 Å². The third-order valence-corrected chi connectivity index (χ3v) is 1.96. The number of aromatic nitrogens is 4. The second-order valence-electron chi connectivity index (χ2n) is 3.50. The number of carboxylic acid groups (broad SMARTS) is 1. The summed E-state index contributed by atoms with van der Waals surface area (Å²) < 4.78 is 0. The first-order chi connectivity index (χ1) is 9.31. The average molecular weight is 317 g/mol.